The minimum atomic E-state index is -0.165. The standard InChI is InChI=1S/C5H9NOS2/c1-5(2-7)3-9-4(8)6-5/h7H,2-3H2,1H3,(H,6,8). The number of aliphatic hydroxyl groups is 1. The summed E-state index contributed by atoms with van der Waals surface area (Å²) in [5.74, 6) is 0.877. The summed E-state index contributed by atoms with van der Waals surface area (Å²) in [5, 5.41) is 11.8. The number of hydrogen-bond donors (Lipinski definition) is 2. The molecule has 1 saturated heterocycles. The summed E-state index contributed by atoms with van der Waals surface area (Å²) in [7, 11) is 0. The fourth-order valence-corrected chi connectivity index (χ4v) is 1.98. The van der Waals surface area contributed by atoms with E-state index in [4.69, 9.17) is 17.3 Å². The van der Waals surface area contributed by atoms with Crippen LogP contribution < -0.4 is 5.32 Å². The average molecular weight is 163 g/mol. The second kappa shape index (κ2) is 2.44. The van der Waals surface area contributed by atoms with Gasteiger partial charge in [0, 0.05) is 5.75 Å². The quantitative estimate of drug-likeness (QED) is 0.547. The van der Waals surface area contributed by atoms with E-state index in [-0.39, 0.29) is 12.1 Å². The van der Waals surface area contributed by atoms with Crippen molar-refractivity contribution in [1.29, 1.82) is 0 Å². The lowest BCUT2D eigenvalue weighted by Crippen LogP contribution is -2.43. The zero-order chi connectivity index (χ0) is 6.91. The number of thiocarbonyl (C=S) groups is 1. The number of thioether (sulfide) groups is 1. The van der Waals surface area contributed by atoms with Crippen molar-refractivity contribution in [2.75, 3.05) is 12.4 Å². The van der Waals surface area contributed by atoms with Crippen LogP contribution in [0.15, 0.2) is 0 Å². The van der Waals surface area contributed by atoms with Crippen LogP contribution in [0, 0.1) is 0 Å². The van der Waals surface area contributed by atoms with Gasteiger partial charge in [-0.3, -0.25) is 0 Å². The Hall–Kier alpha value is 0.200. The van der Waals surface area contributed by atoms with E-state index in [1.165, 1.54) is 0 Å². The van der Waals surface area contributed by atoms with Crippen molar-refractivity contribution in [2.24, 2.45) is 0 Å². The minimum Gasteiger partial charge on any atom is -0.394 e. The van der Waals surface area contributed by atoms with E-state index in [9.17, 15) is 0 Å². The highest BCUT2D eigenvalue weighted by atomic mass is 32.2. The van der Waals surface area contributed by atoms with Crippen LogP contribution in [0.5, 0.6) is 0 Å². The molecule has 2 N–H and O–H groups in total. The van der Waals surface area contributed by atoms with Gasteiger partial charge in [0.05, 0.1) is 12.1 Å². The molecule has 1 atom stereocenters. The molecular weight excluding hydrogens is 154 g/mol. The molecule has 1 rings (SSSR count). The highest BCUT2D eigenvalue weighted by molar-refractivity contribution is 8.23. The first-order valence-electron chi connectivity index (χ1n) is 2.72. The van der Waals surface area contributed by atoms with Crippen LogP contribution in [0.3, 0.4) is 0 Å². The van der Waals surface area contributed by atoms with Gasteiger partial charge < -0.3 is 10.4 Å². The first-order valence-corrected chi connectivity index (χ1v) is 4.11. The molecule has 1 aliphatic rings. The second-order valence-corrected chi connectivity index (χ2v) is 4.07. The third kappa shape index (κ3) is 1.56. The summed E-state index contributed by atoms with van der Waals surface area (Å²) in [6.45, 7) is 2.11. The lowest BCUT2D eigenvalue weighted by Gasteiger charge is -2.19. The highest BCUT2D eigenvalue weighted by Gasteiger charge is 2.30. The van der Waals surface area contributed by atoms with Gasteiger partial charge in [-0.05, 0) is 6.92 Å². The Morgan fingerprint density at radius 3 is 2.89 bits per heavy atom. The SMILES string of the molecule is CC1(CO)CSC(=S)N1. The molecule has 0 bridgehead atoms. The van der Waals surface area contributed by atoms with Crippen molar-refractivity contribution in [3.63, 3.8) is 0 Å². The van der Waals surface area contributed by atoms with E-state index in [1.54, 1.807) is 11.8 Å². The first-order chi connectivity index (χ1) is 4.16. The fourth-order valence-electron chi connectivity index (χ4n) is 0.629. The Kier molecular flexibility index (Phi) is 1.98. The summed E-state index contributed by atoms with van der Waals surface area (Å²) in [6, 6.07) is 0. The third-order valence-electron chi connectivity index (χ3n) is 1.27. The van der Waals surface area contributed by atoms with Crippen LogP contribution in [-0.4, -0.2) is 27.3 Å². The topological polar surface area (TPSA) is 32.3 Å². The van der Waals surface area contributed by atoms with Gasteiger partial charge in [-0.25, -0.2) is 0 Å². The summed E-state index contributed by atoms with van der Waals surface area (Å²) in [4.78, 5) is 0. The van der Waals surface area contributed by atoms with Crippen molar-refractivity contribution in [3.8, 4) is 0 Å². The molecule has 0 radical (unpaired) electrons. The summed E-state index contributed by atoms with van der Waals surface area (Å²) >= 11 is 6.46. The maximum Gasteiger partial charge on any atom is 0.134 e. The van der Waals surface area contributed by atoms with Crippen molar-refractivity contribution in [2.45, 2.75) is 12.5 Å². The molecule has 2 nitrogen and oxygen atoms in total. The number of nitrogens with one attached hydrogen (secondary N) is 1. The Morgan fingerprint density at radius 1 is 2.00 bits per heavy atom. The van der Waals surface area contributed by atoms with Crippen molar-refractivity contribution in [3.05, 3.63) is 0 Å². The second-order valence-electron chi connectivity index (χ2n) is 2.42. The van der Waals surface area contributed by atoms with Crippen LogP contribution in [0.25, 0.3) is 0 Å². The first kappa shape index (κ1) is 7.31. The zero-order valence-corrected chi connectivity index (χ0v) is 6.81. The monoisotopic (exact) mass is 163 g/mol. The molecule has 0 aromatic heterocycles. The van der Waals surface area contributed by atoms with Gasteiger partial charge in [-0.1, -0.05) is 24.0 Å². The van der Waals surface area contributed by atoms with Gasteiger partial charge in [0.1, 0.15) is 4.32 Å². The maximum absolute atomic E-state index is 8.81. The number of rotatable bonds is 1. The predicted molar refractivity (Wildman–Crippen MR) is 43.7 cm³/mol. The zero-order valence-electron chi connectivity index (χ0n) is 5.18. The van der Waals surface area contributed by atoms with Crippen LogP contribution in [0.1, 0.15) is 6.92 Å². The normalized spacial score (nSPS) is 34.7. The van der Waals surface area contributed by atoms with Crippen molar-refractivity contribution < 1.29 is 5.11 Å². The number of aliphatic hydroxyl groups excluding tert-OH is 1. The van der Waals surface area contributed by atoms with E-state index in [0.29, 0.717) is 0 Å². The Bertz CT molecular complexity index is 139. The molecule has 0 aromatic rings. The lowest BCUT2D eigenvalue weighted by atomic mass is 10.1. The lowest BCUT2D eigenvalue weighted by molar-refractivity contribution is 0.213. The van der Waals surface area contributed by atoms with Gasteiger partial charge in [0.25, 0.3) is 0 Å². The van der Waals surface area contributed by atoms with Gasteiger partial charge in [-0.2, -0.15) is 0 Å². The summed E-state index contributed by atoms with van der Waals surface area (Å²) < 4.78 is 0.798. The van der Waals surface area contributed by atoms with E-state index in [2.05, 4.69) is 5.32 Å². The number of hydrogen-bond acceptors (Lipinski definition) is 3. The molecule has 1 aliphatic heterocycles. The Labute approximate surface area is 64.0 Å². The highest BCUT2D eigenvalue weighted by Crippen LogP contribution is 2.21. The molecule has 4 heteroatoms. The fraction of sp³-hybridized carbons (Fsp3) is 0.800. The molecular formula is C5H9NOS2. The van der Waals surface area contributed by atoms with Crippen LogP contribution in [0.2, 0.25) is 0 Å². The molecule has 52 valence electrons. The van der Waals surface area contributed by atoms with Gasteiger partial charge in [0.15, 0.2) is 0 Å². The molecule has 0 saturated carbocycles. The van der Waals surface area contributed by atoms with Gasteiger partial charge in [-0.15, -0.1) is 0 Å². The molecule has 0 aliphatic carbocycles. The predicted octanol–water partition coefficient (Wildman–Crippen LogP) is 0.359. The minimum absolute atomic E-state index is 0.153. The summed E-state index contributed by atoms with van der Waals surface area (Å²) in [6.07, 6.45) is 0. The molecule has 1 heterocycles. The molecule has 0 amide bonds. The van der Waals surface area contributed by atoms with Crippen LogP contribution in [-0.2, 0) is 0 Å². The molecule has 9 heavy (non-hydrogen) atoms. The van der Waals surface area contributed by atoms with E-state index >= 15 is 0 Å². The van der Waals surface area contributed by atoms with Crippen molar-refractivity contribution in [1.82, 2.24) is 5.32 Å². The van der Waals surface area contributed by atoms with Crippen LogP contribution >= 0.6 is 24.0 Å². The summed E-state index contributed by atoms with van der Waals surface area (Å²) in [5.41, 5.74) is -0.165. The Morgan fingerprint density at radius 2 is 2.67 bits per heavy atom. The maximum atomic E-state index is 8.81. The van der Waals surface area contributed by atoms with Gasteiger partial charge in [0.2, 0.25) is 0 Å². The molecule has 0 spiro atoms. The van der Waals surface area contributed by atoms with E-state index < -0.39 is 0 Å². The Balaban J connectivity index is 2.54. The average Bonchev–Trinajstić information content (AvgIpc) is 2.13. The van der Waals surface area contributed by atoms with Crippen molar-refractivity contribution >= 4 is 28.3 Å². The molecule has 1 unspecified atom stereocenters. The molecule has 1 fully saturated rings. The smallest absolute Gasteiger partial charge is 0.134 e. The largest absolute Gasteiger partial charge is 0.394 e. The van der Waals surface area contributed by atoms with E-state index in [0.717, 1.165) is 10.1 Å². The molecule has 0 aromatic carbocycles. The third-order valence-corrected chi connectivity index (χ3v) is 2.88. The van der Waals surface area contributed by atoms with Gasteiger partial charge >= 0.3 is 0 Å². The van der Waals surface area contributed by atoms with Crippen LogP contribution in [0.4, 0.5) is 0 Å². The van der Waals surface area contributed by atoms with E-state index in [1.807, 2.05) is 6.92 Å².